The Labute approximate surface area is 106 Å². The van der Waals surface area contributed by atoms with Gasteiger partial charge in [-0.05, 0) is 27.7 Å². The molecule has 0 saturated heterocycles. The summed E-state index contributed by atoms with van der Waals surface area (Å²) in [5, 5.41) is 0. The summed E-state index contributed by atoms with van der Waals surface area (Å²) in [6, 6.07) is 0. The molecule has 1 aliphatic rings. The average molecular weight is 311 g/mol. The van der Waals surface area contributed by atoms with Crippen molar-refractivity contribution in [1.29, 1.82) is 0 Å². The summed E-state index contributed by atoms with van der Waals surface area (Å²) in [5.74, 6) is 0. The van der Waals surface area contributed by atoms with Crippen LogP contribution in [0.25, 0.3) is 0 Å². The van der Waals surface area contributed by atoms with Crippen LogP contribution in [-0.2, 0) is 20.8 Å². The van der Waals surface area contributed by atoms with E-state index in [4.69, 9.17) is 17.0 Å². The van der Waals surface area contributed by atoms with Crippen LogP contribution in [0.4, 0.5) is 0 Å². The van der Waals surface area contributed by atoms with E-state index in [1.54, 1.807) is 0 Å². The number of hydrogen-bond acceptors (Lipinski definition) is 0. The van der Waals surface area contributed by atoms with E-state index < -0.39 is 20.8 Å². The van der Waals surface area contributed by atoms with Gasteiger partial charge >= 0.3 is 37.9 Å². The van der Waals surface area contributed by atoms with Gasteiger partial charge in [-0.2, -0.15) is 0 Å². The zero-order chi connectivity index (χ0) is 11.5. The van der Waals surface area contributed by atoms with Crippen LogP contribution in [0.1, 0.15) is 34.6 Å². The first-order chi connectivity index (χ1) is 6.30. The molecule has 0 nitrogen and oxygen atoms in total. The van der Waals surface area contributed by atoms with E-state index in [1.807, 2.05) is 0 Å². The van der Waals surface area contributed by atoms with Gasteiger partial charge in [-0.25, -0.2) is 0 Å². The Kier molecular flexibility index (Phi) is 6.27. The third-order valence-corrected chi connectivity index (χ3v) is 3.34. The van der Waals surface area contributed by atoms with E-state index in [0.29, 0.717) is 0 Å². The first-order valence-corrected chi connectivity index (χ1v) is 10.8. The van der Waals surface area contributed by atoms with Crippen LogP contribution in [-0.4, -0.2) is 0 Å². The van der Waals surface area contributed by atoms with Gasteiger partial charge in [0.25, 0.3) is 0 Å². The zero-order valence-corrected chi connectivity index (χ0v) is 13.4. The van der Waals surface area contributed by atoms with Crippen molar-refractivity contribution in [1.82, 2.24) is 0 Å². The van der Waals surface area contributed by atoms with Crippen LogP contribution >= 0.6 is 17.0 Å². The molecule has 0 aromatic carbocycles. The van der Waals surface area contributed by atoms with E-state index in [0.717, 1.165) is 0 Å². The van der Waals surface area contributed by atoms with Gasteiger partial charge in [0, 0.05) is 0 Å². The molecule has 0 aromatic rings. The van der Waals surface area contributed by atoms with Crippen molar-refractivity contribution >= 4 is 17.0 Å². The number of halogens is 2. The normalized spacial score (nSPS) is 19.4. The summed E-state index contributed by atoms with van der Waals surface area (Å²) in [6.07, 6.45) is 0. The molecule has 0 saturated carbocycles. The van der Waals surface area contributed by atoms with E-state index in [1.165, 1.54) is 22.3 Å². The maximum absolute atomic E-state index is 4.93. The molecular formula is C11H17Cl2Zr-. The molecule has 0 amide bonds. The maximum atomic E-state index is 4.93. The molecule has 0 atom stereocenters. The van der Waals surface area contributed by atoms with Crippen LogP contribution in [0.5, 0.6) is 0 Å². The summed E-state index contributed by atoms with van der Waals surface area (Å²) < 4.78 is 0. The number of hydrogen-bond donors (Lipinski definition) is 0. The van der Waals surface area contributed by atoms with Gasteiger partial charge in [0.05, 0.1) is 0 Å². The van der Waals surface area contributed by atoms with Gasteiger partial charge in [0.15, 0.2) is 0 Å². The van der Waals surface area contributed by atoms with Gasteiger partial charge in [-0.3, -0.25) is 0 Å². The van der Waals surface area contributed by atoms with Crippen LogP contribution in [0, 0.1) is 12.3 Å². The van der Waals surface area contributed by atoms with Crippen molar-refractivity contribution in [2.45, 2.75) is 34.6 Å². The Balaban J connectivity index is 0.000000500. The van der Waals surface area contributed by atoms with Crippen LogP contribution < -0.4 is 0 Å². The minimum absolute atomic E-state index is 0.0637. The summed E-state index contributed by atoms with van der Waals surface area (Å²) in [7, 11) is 9.87. The topological polar surface area (TPSA) is 0 Å². The van der Waals surface area contributed by atoms with Crippen molar-refractivity contribution in [2.24, 2.45) is 5.41 Å². The SMILES string of the molecule is [CH2-]C1(C)C(C)=C(C)C(C)=C1C.[Cl][Zr][Cl]. The molecule has 0 heterocycles. The molecule has 3 heteroatoms. The van der Waals surface area contributed by atoms with Crippen molar-refractivity contribution < 1.29 is 20.8 Å². The molecule has 0 bridgehead atoms. The molecule has 1 aliphatic carbocycles. The van der Waals surface area contributed by atoms with Crippen molar-refractivity contribution in [3.05, 3.63) is 29.2 Å². The molecule has 1 rings (SSSR count). The van der Waals surface area contributed by atoms with Crippen LogP contribution in [0.3, 0.4) is 0 Å². The van der Waals surface area contributed by atoms with E-state index >= 15 is 0 Å². The monoisotopic (exact) mass is 309 g/mol. The van der Waals surface area contributed by atoms with E-state index in [9.17, 15) is 0 Å². The second-order valence-electron chi connectivity index (χ2n) is 3.90. The van der Waals surface area contributed by atoms with Gasteiger partial charge in [0.2, 0.25) is 0 Å². The first-order valence-electron chi connectivity index (χ1n) is 4.48. The quantitative estimate of drug-likeness (QED) is 0.559. The predicted molar refractivity (Wildman–Crippen MR) is 61.9 cm³/mol. The van der Waals surface area contributed by atoms with E-state index in [2.05, 4.69) is 41.5 Å². The van der Waals surface area contributed by atoms with Crippen LogP contribution in [0.2, 0.25) is 0 Å². The van der Waals surface area contributed by atoms with Gasteiger partial charge in [-0.15, -0.1) is 5.41 Å². The second-order valence-corrected chi connectivity index (χ2v) is 7.64. The minimum atomic E-state index is -0.826. The fourth-order valence-corrected chi connectivity index (χ4v) is 1.67. The van der Waals surface area contributed by atoms with Crippen molar-refractivity contribution in [2.75, 3.05) is 0 Å². The van der Waals surface area contributed by atoms with Crippen molar-refractivity contribution in [3.63, 3.8) is 0 Å². The molecule has 0 aromatic heterocycles. The second kappa shape index (κ2) is 5.87. The Hall–Kier alpha value is 0.943. The van der Waals surface area contributed by atoms with Crippen molar-refractivity contribution in [3.8, 4) is 0 Å². The first kappa shape index (κ1) is 14.9. The predicted octanol–water partition coefficient (Wildman–Crippen LogP) is 4.89. The van der Waals surface area contributed by atoms with Crippen LogP contribution in [0.15, 0.2) is 22.3 Å². The standard InChI is InChI=1S/C11H17.2ClH.Zr/c1-7-8(2)10(4)11(5,6)9(7)3;;;/h5H2,1-4,6H3;2*1H;/q-1;;;+2/p-2. The molecule has 0 unspecified atom stereocenters. The average Bonchev–Trinajstić information content (AvgIpc) is 2.23. The Bertz CT molecular complexity index is 249. The Morgan fingerprint density at radius 1 is 1.00 bits per heavy atom. The summed E-state index contributed by atoms with van der Waals surface area (Å²) in [5.41, 5.74) is 5.77. The zero-order valence-electron chi connectivity index (χ0n) is 9.46. The Morgan fingerprint density at radius 3 is 1.29 bits per heavy atom. The summed E-state index contributed by atoms with van der Waals surface area (Å²) in [6.45, 7) is 15.1. The molecule has 0 aliphatic heterocycles. The summed E-state index contributed by atoms with van der Waals surface area (Å²) >= 11 is -0.826. The fourth-order valence-electron chi connectivity index (χ4n) is 1.67. The third-order valence-electron chi connectivity index (χ3n) is 3.34. The third kappa shape index (κ3) is 2.97. The van der Waals surface area contributed by atoms with Gasteiger partial charge in [0.1, 0.15) is 0 Å². The molecule has 0 spiro atoms. The fraction of sp³-hybridized carbons (Fsp3) is 0.545. The molecule has 80 valence electrons. The summed E-state index contributed by atoms with van der Waals surface area (Å²) in [4.78, 5) is 0. The molecule has 14 heavy (non-hydrogen) atoms. The van der Waals surface area contributed by atoms with E-state index in [-0.39, 0.29) is 5.41 Å². The number of rotatable bonds is 0. The molecule has 0 N–H and O–H groups in total. The molecule has 0 radical (unpaired) electrons. The Morgan fingerprint density at radius 2 is 1.21 bits per heavy atom. The molecule has 0 fully saturated rings. The number of allylic oxidation sites excluding steroid dienone is 4. The molecular weight excluding hydrogens is 294 g/mol. The van der Waals surface area contributed by atoms with Gasteiger partial charge in [-0.1, -0.05) is 29.2 Å². The van der Waals surface area contributed by atoms with Gasteiger partial charge < -0.3 is 6.92 Å².